The van der Waals surface area contributed by atoms with Crippen molar-refractivity contribution < 1.29 is 19.1 Å². The van der Waals surface area contributed by atoms with Crippen molar-refractivity contribution in [2.45, 2.75) is 46.6 Å². The van der Waals surface area contributed by atoms with Gasteiger partial charge in [0.2, 0.25) is 0 Å². The van der Waals surface area contributed by atoms with E-state index in [1.165, 1.54) is 7.11 Å². The topological polar surface area (TPSA) is 80.4 Å². The van der Waals surface area contributed by atoms with Crippen LogP contribution in [0.5, 0.6) is 0 Å². The second kappa shape index (κ2) is 7.83. The van der Waals surface area contributed by atoms with Crippen molar-refractivity contribution in [2.24, 2.45) is 11.8 Å². The van der Waals surface area contributed by atoms with Crippen molar-refractivity contribution in [1.82, 2.24) is 10.3 Å². The fourth-order valence-corrected chi connectivity index (χ4v) is 3.53. The number of carbonyl (C=O) groups is 2. The molecule has 2 atom stereocenters. The number of aromatic amines is 1. The van der Waals surface area contributed by atoms with Gasteiger partial charge in [0.25, 0.3) is 5.91 Å². The molecule has 2 rings (SSSR count). The Labute approximate surface area is 143 Å². The largest absolute Gasteiger partial charge is 0.464 e. The summed E-state index contributed by atoms with van der Waals surface area (Å²) in [5, 5.41) is 3.01. The first kappa shape index (κ1) is 18.5. The number of rotatable bonds is 5. The van der Waals surface area contributed by atoms with Gasteiger partial charge in [-0.2, -0.15) is 0 Å². The van der Waals surface area contributed by atoms with Gasteiger partial charge in [-0.05, 0) is 38.2 Å². The lowest BCUT2D eigenvalue weighted by atomic mass is 9.87. The second-order valence-corrected chi connectivity index (χ2v) is 6.81. The number of aryl methyl sites for hydroxylation is 1. The molecular formula is C18H28N2O4. The first-order chi connectivity index (χ1) is 11.4. The van der Waals surface area contributed by atoms with E-state index in [1.54, 1.807) is 13.8 Å². The fraction of sp³-hybridized carbons (Fsp3) is 0.667. The molecule has 1 aliphatic rings. The van der Waals surface area contributed by atoms with Crippen LogP contribution in [-0.4, -0.2) is 43.2 Å². The summed E-state index contributed by atoms with van der Waals surface area (Å²) in [5.41, 5.74) is 2.15. The van der Waals surface area contributed by atoms with Crippen LogP contribution in [-0.2, 0) is 9.47 Å². The highest BCUT2D eigenvalue weighted by Gasteiger charge is 2.29. The number of carbonyl (C=O) groups excluding carboxylic acids is 2. The van der Waals surface area contributed by atoms with E-state index in [-0.39, 0.29) is 12.0 Å². The van der Waals surface area contributed by atoms with Gasteiger partial charge in [-0.25, -0.2) is 4.79 Å². The number of hydrogen-bond donors (Lipinski definition) is 2. The Hall–Kier alpha value is -1.82. The van der Waals surface area contributed by atoms with Gasteiger partial charge in [-0.1, -0.05) is 13.8 Å². The number of hydrogen-bond acceptors (Lipinski definition) is 4. The molecular weight excluding hydrogens is 308 g/mol. The number of methoxy groups -OCH3 is 1. The zero-order valence-corrected chi connectivity index (χ0v) is 15.2. The molecule has 0 radical (unpaired) electrons. The van der Waals surface area contributed by atoms with Gasteiger partial charge in [-0.3, -0.25) is 4.79 Å². The minimum Gasteiger partial charge on any atom is -0.464 e. The van der Waals surface area contributed by atoms with Crippen LogP contribution in [0.1, 0.15) is 58.8 Å². The molecule has 0 spiro atoms. The highest BCUT2D eigenvalue weighted by atomic mass is 16.5. The number of amides is 1. The van der Waals surface area contributed by atoms with Crippen LogP contribution in [0.3, 0.4) is 0 Å². The summed E-state index contributed by atoms with van der Waals surface area (Å²) in [6, 6.07) is 0. The zero-order valence-electron chi connectivity index (χ0n) is 15.2. The molecule has 6 heteroatoms. The molecule has 2 unspecified atom stereocenters. The number of nitrogens with one attached hydrogen (secondary N) is 2. The summed E-state index contributed by atoms with van der Waals surface area (Å²) in [6.07, 6.45) is 2.26. The second-order valence-electron chi connectivity index (χ2n) is 6.81. The lowest BCUT2D eigenvalue weighted by molar-refractivity contribution is -0.0510. The molecule has 134 valence electrons. The molecule has 1 aliphatic heterocycles. The lowest BCUT2D eigenvalue weighted by Crippen LogP contribution is -2.41. The van der Waals surface area contributed by atoms with Crippen LogP contribution < -0.4 is 5.32 Å². The SMILES string of the molecule is COC(=O)c1[nH]c(C)c(C(=O)NCC2CCCOC2C(C)C)c1C. The molecule has 1 aromatic rings. The Morgan fingerprint density at radius 3 is 2.71 bits per heavy atom. The molecule has 0 aromatic carbocycles. The molecule has 0 bridgehead atoms. The van der Waals surface area contributed by atoms with E-state index in [0.29, 0.717) is 40.9 Å². The van der Waals surface area contributed by atoms with Crippen molar-refractivity contribution in [3.05, 3.63) is 22.5 Å². The lowest BCUT2D eigenvalue weighted by Gasteiger charge is -2.34. The van der Waals surface area contributed by atoms with Crippen LogP contribution in [0, 0.1) is 25.7 Å². The Morgan fingerprint density at radius 2 is 2.08 bits per heavy atom. The van der Waals surface area contributed by atoms with Gasteiger partial charge in [0.15, 0.2) is 0 Å². The van der Waals surface area contributed by atoms with E-state index in [2.05, 4.69) is 24.1 Å². The van der Waals surface area contributed by atoms with Gasteiger partial charge in [0.1, 0.15) is 5.69 Å². The van der Waals surface area contributed by atoms with E-state index >= 15 is 0 Å². The Morgan fingerprint density at radius 1 is 1.38 bits per heavy atom. The summed E-state index contributed by atoms with van der Waals surface area (Å²) in [5.74, 6) is 0.121. The van der Waals surface area contributed by atoms with Crippen molar-refractivity contribution in [2.75, 3.05) is 20.3 Å². The predicted molar refractivity (Wildman–Crippen MR) is 91.2 cm³/mol. The van der Waals surface area contributed by atoms with Crippen LogP contribution >= 0.6 is 0 Å². The summed E-state index contributed by atoms with van der Waals surface area (Å²) in [7, 11) is 1.33. The average Bonchev–Trinajstić information content (AvgIpc) is 2.86. The normalized spacial score (nSPS) is 20.9. The molecule has 1 saturated heterocycles. The standard InChI is InChI=1S/C18H28N2O4/c1-10(2)16-13(7-6-8-24-16)9-19-17(21)14-11(3)15(18(22)23-5)20-12(14)4/h10,13,16,20H,6-9H2,1-5H3,(H,19,21). The molecule has 1 fully saturated rings. The van der Waals surface area contributed by atoms with E-state index in [4.69, 9.17) is 9.47 Å². The summed E-state index contributed by atoms with van der Waals surface area (Å²) in [6.45, 7) is 9.22. The number of aromatic nitrogens is 1. The maximum absolute atomic E-state index is 12.6. The number of esters is 1. The molecule has 6 nitrogen and oxygen atoms in total. The first-order valence-electron chi connectivity index (χ1n) is 8.54. The molecule has 0 aliphatic carbocycles. The third-order valence-corrected chi connectivity index (χ3v) is 4.73. The Balaban J connectivity index is 2.07. The third kappa shape index (κ3) is 3.80. The highest BCUT2D eigenvalue weighted by Crippen LogP contribution is 2.26. The number of H-pyrrole nitrogens is 1. The molecule has 2 heterocycles. The van der Waals surface area contributed by atoms with Crippen LogP contribution in [0.4, 0.5) is 0 Å². The van der Waals surface area contributed by atoms with Crippen LogP contribution in [0.2, 0.25) is 0 Å². The van der Waals surface area contributed by atoms with E-state index in [0.717, 1.165) is 19.4 Å². The van der Waals surface area contributed by atoms with Crippen LogP contribution in [0.15, 0.2) is 0 Å². The first-order valence-corrected chi connectivity index (χ1v) is 8.54. The quantitative estimate of drug-likeness (QED) is 0.810. The molecule has 2 N–H and O–H groups in total. The summed E-state index contributed by atoms with van der Waals surface area (Å²) in [4.78, 5) is 27.3. The Kier molecular flexibility index (Phi) is 6.04. The molecule has 1 aromatic heterocycles. The number of ether oxygens (including phenoxy) is 2. The summed E-state index contributed by atoms with van der Waals surface area (Å²) >= 11 is 0. The molecule has 1 amide bonds. The van der Waals surface area contributed by atoms with E-state index in [1.807, 2.05) is 0 Å². The van der Waals surface area contributed by atoms with Gasteiger partial charge in [0, 0.05) is 24.8 Å². The van der Waals surface area contributed by atoms with Gasteiger partial charge >= 0.3 is 5.97 Å². The van der Waals surface area contributed by atoms with Crippen molar-refractivity contribution in [1.29, 1.82) is 0 Å². The fourth-order valence-electron chi connectivity index (χ4n) is 3.53. The minimum atomic E-state index is -0.463. The highest BCUT2D eigenvalue weighted by molar-refractivity contribution is 6.01. The molecule has 24 heavy (non-hydrogen) atoms. The third-order valence-electron chi connectivity index (χ3n) is 4.73. The summed E-state index contributed by atoms with van der Waals surface area (Å²) < 4.78 is 10.6. The Bertz CT molecular complexity index is 606. The minimum absolute atomic E-state index is 0.163. The van der Waals surface area contributed by atoms with Gasteiger partial charge in [-0.15, -0.1) is 0 Å². The van der Waals surface area contributed by atoms with Crippen molar-refractivity contribution in [3.8, 4) is 0 Å². The van der Waals surface area contributed by atoms with Gasteiger partial charge in [0.05, 0.1) is 18.8 Å². The van der Waals surface area contributed by atoms with Crippen molar-refractivity contribution >= 4 is 11.9 Å². The van der Waals surface area contributed by atoms with Gasteiger partial charge < -0.3 is 19.8 Å². The average molecular weight is 336 g/mol. The maximum Gasteiger partial charge on any atom is 0.354 e. The monoisotopic (exact) mass is 336 g/mol. The predicted octanol–water partition coefficient (Wildman–Crippen LogP) is 2.60. The smallest absolute Gasteiger partial charge is 0.354 e. The van der Waals surface area contributed by atoms with E-state index in [9.17, 15) is 9.59 Å². The maximum atomic E-state index is 12.6. The van der Waals surface area contributed by atoms with Crippen molar-refractivity contribution in [3.63, 3.8) is 0 Å². The zero-order chi connectivity index (χ0) is 17.9. The van der Waals surface area contributed by atoms with E-state index < -0.39 is 5.97 Å². The van der Waals surface area contributed by atoms with Crippen LogP contribution in [0.25, 0.3) is 0 Å². The molecule has 0 saturated carbocycles.